The highest BCUT2D eigenvalue weighted by atomic mass is 16.2. The molecule has 2 aromatic carbocycles. The molecule has 0 bridgehead atoms. The van der Waals surface area contributed by atoms with E-state index < -0.39 is 11.7 Å². The molecular weight excluding hydrogens is 326 g/mol. The van der Waals surface area contributed by atoms with E-state index in [4.69, 9.17) is 0 Å². The first kappa shape index (κ1) is 16.3. The number of nitrogens with one attached hydrogen (secondary N) is 1. The van der Waals surface area contributed by atoms with Gasteiger partial charge in [-0.2, -0.15) is 5.10 Å². The molecule has 0 saturated carbocycles. The van der Waals surface area contributed by atoms with E-state index >= 15 is 0 Å². The number of carbonyl (C=O) groups excluding carboxylic acids is 2. The first-order chi connectivity index (χ1) is 12.7. The minimum Gasteiger partial charge on any atom is -0.319 e. The number of aromatic nitrogens is 2. The molecule has 1 N–H and O–H groups in total. The van der Waals surface area contributed by atoms with Crippen LogP contribution < -0.4 is 5.32 Å². The van der Waals surface area contributed by atoms with Gasteiger partial charge < -0.3 is 5.32 Å². The molecule has 1 heterocycles. The van der Waals surface area contributed by atoms with Crippen molar-refractivity contribution in [2.45, 2.75) is 25.8 Å². The summed E-state index contributed by atoms with van der Waals surface area (Å²) in [7, 11) is 0. The van der Waals surface area contributed by atoms with E-state index in [1.807, 2.05) is 42.6 Å². The van der Waals surface area contributed by atoms with E-state index in [0.717, 1.165) is 24.8 Å². The lowest BCUT2D eigenvalue weighted by molar-refractivity contribution is -0.112. The molecule has 3 aromatic rings. The van der Waals surface area contributed by atoms with E-state index in [1.54, 1.807) is 23.0 Å². The number of fused-ring (bicyclic) bond motifs is 1. The van der Waals surface area contributed by atoms with Crippen molar-refractivity contribution >= 4 is 17.4 Å². The van der Waals surface area contributed by atoms with Crippen LogP contribution >= 0.6 is 0 Å². The van der Waals surface area contributed by atoms with Crippen molar-refractivity contribution in [2.24, 2.45) is 0 Å². The van der Waals surface area contributed by atoms with Crippen LogP contribution in [-0.2, 0) is 24.2 Å². The van der Waals surface area contributed by atoms with Crippen LogP contribution in [0, 0.1) is 0 Å². The number of nitrogens with zero attached hydrogens (tertiary/aromatic N) is 2. The predicted octanol–water partition coefficient (Wildman–Crippen LogP) is 3.24. The Balaban J connectivity index is 1.46. The lowest BCUT2D eigenvalue weighted by Gasteiger charge is -2.08. The second-order valence-corrected chi connectivity index (χ2v) is 6.52. The van der Waals surface area contributed by atoms with Crippen molar-refractivity contribution in [2.75, 3.05) is 5.32 Å². The molecule has 130 valence electrons. The summed E-state index contributed by atoms with van der Waals surface area (Å²) in [5, 5.41) is 6.88. The van der Waals surface area contributed by atoms with Crippen molar-refractivity contribution in [3.63, 3.8) is 0 Å². The molecule has 5 nitrogen and oxygen atoms in total. The molecule has 1 amide bonds. The standard InChI is InChI=1S/C21H19N3O2/c25-20(18-9-8-16-5-2-6-17(16)13-18)21(26)23-19-7-1-4-15(12-19)14-24-11-3-10-22-24/h1,3-4,7-13H,2,5-6,14H2,(H,23,26). The van der Waals surface area contributed by atoms with Gasteiger partial charge in [0, 0.05) is 23.6 Å². The monoisotopic (exact) mass is 345 g/mol. The summed E-state index contributed by atoms with van der Waals surface area (Å²) in [5.41, 5.74) is 4.53. The van der Waals surface area contributed by atoms with Crippen molar-refractivity contribution in [3.8, 4) is 0 Å². The van der Waals surface area contributed by atoms with Gasteiger partial charge in [-0.1, -0.05) is 24.3 Å². The number of hydrogen-bond donors (Lipinski definition) is 1. The van der Waals surface area contributed by atoms with Gasteiger partial charge in [0.25, 0.3) is 11.7 Å². The van der Waals surface area contributed by atoms with Gasteiger partial charge in [0.05, 0.1) is 6.54 Å². The minimum absolute atomic E-state index is 0.454. The van der Waals surface area contributed by atoms with Gasteiger partial charge in [0.2, 0.25) is 0 Å². The minimum atomic E-state index is -0.612. The number of aryl methyl sites for hydroxylation is 2. The number of hydrogen-bond acceptors (Lipinski definition) is 3. The summed E-state index contributed by atoms with van der Waals surface area (Å²) in [6.07, 6.45) is 6.75. The highest BCUT2D eigenvalue weighted by Crippen LogP contribution is 2.23. The Hall–Kier alpha value is -3.21. The number of amides is 1. The highest BCUT2D eigenvalue weighted by molar-refractivity contribution is 6.46. The molecule has 0 aliphatic heterocycles. The Bertz CT molecular complexity index is 961. The first-order valence-electron chi connectivity index (χ1n) is 8.73. The average molecular weight is 345 g/mol. The number of carbonyl (C=O) groups is 2. The maximum absolute atomic E-state index is 12.5. The van der Waals surface area contributed by atoms with Crippen LogP contribution in [0.2, 0.25) is 0 Å². The molecule has 0 atom stereocenters. The quantitative estimate of drug-likeness (QED) is 0.570. The van der Waals surface area contributed by atoms with Gasteiger partial charge in [0.15, 0.2) is 0 Å². The Labute approximate surface area is 151 Å². The highest BCUT2D eigenvalue weighted by Gasteiger charge is 2.19. The molecule has 1 aromatic heterocycles. The van der Waals surface area contributed by atoms with Crippen molar-refractivity contribution in [1.29, 1.82) is 0 Å². The fourth-order valence-electron chi connectivity index (χ4n) is 3.36. The van der Waals surface area contributed by atoms with Crippen LogP contribution in [0.5, 0.6) is 0 Å². The van der Waals surface area contributed by atoms with E-state index in [-0.39, 0.29) is 0 Å². The van der Waals surface area contributed by atoms with Crippen LogP contribution in [0.15, 0.2) is 60.9 Å². The average Bonchev–Trinajstić information content (AvgIpc) is 3.32. The Morgan fingerprint density at radius 2 is 1.92 bits per heavy atom. The summed E-state index contributed by atoms with van der Waals surface area (Å²) in [5.74, 6) is -1.11. The van der Waals surface area contributed by atoms with E-state index in [0.29, 0.717) is 17.8 Å². The van der Waals surface area contributed by atoms with Gasteiger partial charge in [-0.3, -0.25) is 14.3 Å². The zero-order chi connectivity index (χ0) is 17.9. The molecule has 26 heavy (non-hydrogen) atoms. The largest absolute Gasteiger partial charge is 0.319 e. The van der Waals surface area contributed by atoms with Crippen molar-refractivity contribution in [1.82, 2.24) is 9.78 Å². The fourth-order valence-corrected chi connectivity index (χ4v) is 3.36. The van der Waals surface area contributed by atoms with Gasteiger partial charge in [0.1, 0.15) is 0 Å². The van der Waals surface area contributed by atoms with E-state index in [1.165, 1.54) is 11.1 Å². The number of anilines is 1. The molecule has 0 spiro atoms. The lowest BCUT2D eigenvalue weighted by Crippen LogP contribution is -2.23. The Kier molecular flexibility index (Phi) is 4.35. The molecule has 0 fully saturated rings. The maximum Gasteiger partial charge on any atom is 0.296 e. The fraction of sp³-hybridized carbons (Fsp3) is 0.190. The van der Waals surface area contributed by atoms with Gasteiger partial charge in [-0.25, -0.2) is 0 Å². The predicted molar refractivity (Wildman–Crippen MR) is 99.2 cm³/mol. The lowest BCUT2D eigenvalue weighted by atomic mass is 10.0. The zero-order valence-corrected chi connectivity index (χ0v) is 14.3. The second-order valence-electron chi connectivity index (χ2n) is 6.52. The van der Waals surface area contributed by atoms with Crippen LogP contribution in [0.25, 0.3) is 0 Å². The zero-order valence-electron chi connectivity index (χ0n) is 14.3. The third kappa shape index (κ3) is 3.42. The third-order valence-corrected chi connectivity index (χ3v) is 4.66. The second kappa shape index (κ2) is 6.96. The van der Waals surface area contributed by atoms with Crippen molar-refractivity contribution < 1.29 is 9.59 Å². The van der Waals surface area contributed by atoms with Crippen LogP contribution in [0.1, 0.15) is 33.5 Å². The maximum atomic E-state index is 12.5. The van der Waals surface area contributed by atoms with Crippen LogP contribution in [-0.4, -0.2) is 21.5 Å². The Morgan fingerprint density at radius 1 is 1.04 bits per heavy atom. The molecule has 5 heteroatoms. The smallest absolute Gasteiger partial charge is 0.296 e. The van der Waals surface area contributed by atoms with E-state index in [9.17, 15) is 9.59 Å². The molecule has 1 aliphatic carbocycles. The summed E-state index contributed by atoms with van der Waals surface area (Å²) in [6.45, 7) is 0.607. The topological polar surface area (TPSA) is 64.0 Å². The van der Waals surface area contributed by atoms with Gasteiger partial charge in [-0.15, -0.1) is 0 Å². The summed E-state index contributed by atoms with van der Waals surface area (Å²) >= 11 is 0. The van der Waals surface area contributed by atoms with Crippen LogP contribution in [0.4, 0.5) is 5.69 Å². The third-order valence-electron chi connectivity index (χ3n) is 4.66. The number of rotatable bonds is 5. The molecule has 0 saturated heterocycles. The number of benzene rings is 2. The van der Waals surface area contributed by atoms with Crippen molar-refractivity contribution in [3.05, 3.63) is 83.2 Å². The van der Waals surface area contributed by atoms with Gasteiger partial charge in [-0.05, 0) is 60.2 Å². The molecule has 4 rings (SSSR count). The summed E-state index contributed by atoms with van der Waals surface area (Å²) in [4.78, 5) is 24.8. The van der Waals surface area contributed by atoms with E-state index in [2.05, 4.69) is 10.4 Å². The molecule has 1 aliphatic rings. The molecular formula is C21H19N3O2. The first-order valence-corrected chi connectivity index (χ1v) is 8.73. The summed E-state index contributed by atoms with van der Waals surface area (Å²) in [6, 6.07) is 14.9. The number of ketones is 1. The Morgan fingerprint density at radius 3 is 2.77 bits per heavy atom. The SMILES string of the molecule is O=C(Nc1cccc(Cn2cccn2)c1)C(=O)c1ccc2c(c1)CCC2. The summed E-state index contributed by atoms with van der Waals surface area (Å²) < 4.78 is 1.80. The molecule has 0 radical (unpaired) electrons. The molecule has 0 unspecified atom stereocenters. The van der Waals surface area contributed by atoms with Crippen LogP contribution in [0.3, 0.4) is 0 Å². The van der Waals surface area contributed by atoms with Gasteiger partial charge >= 0.3 is 0 Å². The number of Topliss-reactive ketones (excluding diaryl/α,β-unsaturated/α-hetero) is 1. The normalized spacial score (nSPS) is 12.6.